The molecule has 20 heavy (non-hydrogen) atoms. The quantitative estimate of drug-likeness (QED) is 0.828. The minimum atomic E-state index is -3.92. The van der Waals surface area contributed by atoms with Crippen LogP contribution < -0.4 is 4.72 Å². The molecule has 2 rings (SSSR count). The molecule has 0 aliphatic heterocycles. The standard InChI is InChI=1S/C12H19N3O4S/c1-7-10(8(2)15(4)13-7)20(18,19)14-12(3,11(16)17)9-5-6-9/h9,14H,5-6H2,1-4H3,(H,16,17). The van der Waals surface area contributed by atoms with Crippen molar-refractivity contribution < 1.29 is 18.3 Å². The summed E-state index contributed by atoms with van der Waals surface area (Å²) in [7, 11) is -2.27. The van der Waals surface area contributed by atoms with Crippen molar-refractivity contribution in [2.24, 2.45) is 13.0 Å². The number of aliphatic carboxylic acids is 1. The van der Waals surface area contributed by atoms with Crippen molar-refractivity contribution in [2.45, 2.75) is 44.0 Å². The van der Waals surface area contributed by atoms with Crippen LogP contribution in [0.3, 0.4) is 0 Å². The predicted molar refractivity (Wildman–Crippen MR) is 71.8 cm³/mol. The first kappa shape index (κ1) is 15.0. The molecule has 1 atom stereocenters. The van der Waals surface area contributed by atoms with Gasteiger partial charge in [-0.05, 0) is 39.5 Å². The van der Waals surface area contributed by atoms with Gasteiger partial charge in [0, 0.05) is 7.05 Å². The summed E-state index contributed by atoms with van der Waals surface area (Å²) in [5, 5.41) is 13.4. The van der Waals surface area contributed by atoms with Crippen LogP contribution in [0.1, 0.15) is 31.2 Å². The molecule has 1 aromatic rings. The van der Waals surface area contributed by atoms with Gasteiger partial charge in [0.15, 0.2) is 0 Å². The Balaban J connectivity index is 2.43. The molecule has 7 nitrogen and oxygen atoms in total. The summed E-state index contributed by atoms with van der Waals surface area (Å²) >= 11 is 0. The lowest BCUT2D eigenvalue weighted by molar-refractivity contribution is -0.144. The molecular weight excluding hydrogens is 282 g/mol. The van der Waals surface area contributed by atoms with Gasteiger partial charge in [-0.1, -0.05) is 0 Å². The van der Waals surface area contributed by atoms with E-state index in [1.807, 2.05) is 0 Å². The van der Waals surface area contributed by atoms with Crippen molar-refractivity contribution in [1.29, 1.82) is 0 Å². The average molecular weight is 301 g/mol. The number of carboxylic acids is 1. The molecule has 1 aliphatic carbocycles. The molecule has 0 spiro atoms. The Hall–Kier alpha value is -1.41. The molecule has 0 amide bonds. The molecule has 1 unspecified atom stereocenters. The Morgan fingerprint density at radius 3 is 2.35 bits per heavy atom. The number of nitrogens with one attached hydrogen (secondary N) is 1. The third-order valence-electron chi connectivity index (χ3n) is 3.90. The number of sulfonamides is 1. The van der Waals surface area contributed by atoms with E-state index >= 15 is 0 Å². The second-order valence-electron chi connectivity index (χ2n) is 5.51. The zero-order chi connectivity index (χ0) is 15.3. The zero-order valence-corrected chi connectivity index (χ0v) is 12.8. The minimum Gasteiger partial charge on any atom is -0.480 e. The first-order valence-electron chi connectivity index (χ1n) is 6.37. The number of hydrogen-bond donors (Lipinski definition) is 2. The molecule has 0 aromatic carbocycles. The summed E-state index contributed by atoms with van der Waals surface area (Å²) in [6.45, 7) is 4.66. The summed E-state index contributed by atoms with van der Waals surface area (Å²) in [6.07, 6.45) is 1.44. The van der Waals surface area contributed by atoms with Crippen LogP contribution in [0.25, 0.3) is 0 Å². The van der Waals surface area contributed by atoms with Gasteiger partial charge in [-0.15, -0.1) is 0 Å². The van der Waals surface area contributed by atoms with Crippen molar-refractivity contribution >= 4 is 16.0 Å². The van der Waals surface area contributed by atoms with Crippen LogP contribution in [0.2, 0.25) is 0 Å². The molecule has 8 heteroatoms. The van der Waals surface area contributed by atoms with Gasteiger partial charge in [0.1, 0.15) is 10.4 Å². The first-order chi connectivity index (χ1) is 9.09. The van der Waals surface area contributed by atoms with Crippen molar-refractivity contribution in [3.8, 4) is 0 Å². The molecule has 0 saturated heterocycles. The van der Waals surface area contributed by atoms with Gasteiger partial charge in [-0.25, -0.2) is 8.42 Å². The third kappa shape index (κ3) is 2.33. The van der Waals surface area contributed by atoms with Crippen LogP contribution >= 0.6 is 0 Å². The van der Waals surface area contributed by atoms with E-state index in [-0.39, 0.29) is 10.8 Å². The minimum absolute atomic E-state index is 0.0631. The van der Waals surface area contributed by atoms with Crippen LogP contribution in [0.4, 0.5) is 0 Å². The van der Waals surface area contributed by atoms with Gasteiger partial charge in [0.2, 0.25) is 10.0 Å². The maximum Gasteiger partial charge on any atom is 0.324 e. The fourth-order valence-corrected chi connectivity index (χ4v) is 4.30. The third-order valence-corrected chi connectivity index (χ3v) is 5.72. The maximum atomic E-state index is 12.5. The van der Waals surface area contributed by atoms with E-state index in [0.717, 1.165) is 12.8 Å². The molecule has 1 fully saturated rings. The lowest BCUT2D eigenvalue weighted by Gasteiger charge is -2.25. The van der Waals surface area contributed by atoms with Crippen LogP contribution in [-0.4, -0.2) is 34.8 Å². The lowest BCUT2D eigenvalue weighted by atomic mass is 9.98. The molecule has 0 bridgehead atoms. The number of aryl methyl sites for hydroxylation is 2. The van der Waals surface area contributed by atoms with Crippen molar-refractivity contribution in [3.05, 3.63) is 11.4 Å². The fourth-order valence-electron chi connectivity index (χ4n) is 2.44. The number of nitrogens with zero attached hydrogens (tertiary/aromatic N) is 2. The lowest BCUT2D eigenvalue weighted by Crippen LogP contribution is -2.53. The Labute approximate surface area is 118 Å². The normalized spacial score (nSPS) is 18.8. The Morgan fingerprint density at radius 1 is 1.45 bits per heavy atom. The van der Waals surface area contributed by atoms with E-state index in [2.05, 4.69) is 9.82 Å². The summed E-state index contributed by atoms with van der Waals surface area (Å²) in [6, 6.07) is 0. The maximum absolute atomic E-state index is 12.5. The van der Waals surface area contributed by atoms with Gasteiger partial charge in [-0.3, -0.25) is 9.48 Å². The molecule has 1 aromatic heterocycles. The van der Waals surface area contributed by atoms with Gasteiger partial charge in [-0.2, -0.15) is 9.82 Å². The van der Waals surface area contributed by atoms with Gasteiger partial charge in [0.25, 0.3) is 0 Å². The summed E-state index contributed by atoms with van der Waals surface area (Å²) in [5.74, 6) is -1.31. The van der Waals surface area contributed by atoms with Gasteiger partial charge >= 0.3 is 5.97 Å². The van der Waals surface area contributed by atoms with E-state index in [1.165, 1.54) is 11.6 Å². The van der Waals surface area contributed by atoms with E-state index < -0.39 is 21.5 Å². The second kappa shape index (κ2) is 4.56. The zero-order valence-electron chi connectivity index (χ0n) is 12.0. The highest BCUT2D eigenvalue weighted by molar-refractivity contribution is 7.89. The highest BCUT2D eigenvalue weighted by Crippen LogP contribution is 2.40. The van der Waals surface area contributed by atoms with E-state index in [4.69, 9.17) is 0 Å². The smallest absolute Gasteiger partial charge is 0.324 e. The number of rotatable bonds is 5. The topological polar surface area (TPSA) is 101 Å². The molecular formula is C12H19N3O4S. The van der Waals surface area contributed by atoms with Crippen LogP contribution in [0.5, 0.6) is 0 Å². The van der Waals surface area contributed by atoms with Gasteiger partial charge < -0.3 is 5.11 Å². The monoisotopic (exact) mass is 301 g/mol. The van der Waals surface area contributed by atoms with Crippen molar-refractivity contribution in [2.75, 3.05) is 0 Å². The van der Waals surface area contributed by atoms with E-state index in [0.29, 0.717) is 11.4 Å². The molecule has 1 heterocycles. The first-order valence-corrected chi connectivity index (χ1v) is 7.85. The average Bonchev–Trinajstić information content (AvgIpc) is 3.07. The SMILES string of the molecule is Cc1nn(C)c(C)c1S(=O)(=O)NC(C)(C(=O)O)C1CC1. The van der Waals surface area contributed by atoms with Crippen LogP contribution in [0.15, 0.2) is 4.90 Å². The van der Waals surface area contributed by atoms with Crippen LogP contribution in [0, 0.1) is 19.8 Å². The molecule has 0 radical (unpaired) electrons. The Morgan fingerprint density at radius 2 is 2.00 bits per heavy atom. The second-order valence-corrected chi connectivity index (χ2v) is 7.13. The largest absolute Gasteiger partial charge is 0.480 e. The molecule has 1 aliphatic rings. The molecule has 2 N–H and O–H groups in total. The summed E-state index contributed by atoms with van der Waals surface area (Å²) in [5.41, 5.74) is -0.618. The number of carbonyl (C=O) groups is 1. The Kier molecular flexibility index (Phi) is 3.42. The summed E-state index contributed by atoms with van der Waals surface area (Å²) in [4.78, 5) is 11.5. The highest BCUT2D eigenvalue weighted by atomic mass is 32.2. The van der Waals surface area contributed by atoms with Gasteiger partial charge in [0.05, 0.1) is 11.4 Å². The highest BCUT2D eigenvalue weighted by Gasteiger charge is 2.50. The van der Waals surface area contributed by atoms with Crippen molar-refractivity contribution in [3.63, 3.8) is 0 Å². The number of aromatic nitrogens is 2. The number of hydrogen-bond acceptors (Lipinski definition) is 4. The van der Waals surface area contributed by atoms with E-state index in [1.54, 1.807) is 20.9 Å². The van der Waals surface area contributed by atoms with E-state index in [9.17, 15) is 18.3 Å². The van der Waals surface area contributed by atoms with Crippen molar-refractivity contribution in [1.82, 2.24) is 14.5 Å². The predicted octanol–water partition coefficient (Wildman–Crippen LogP) is 0.569. The summed E-state index contributed by atoms with van der Waals surface area (Å²) < 4.78 is 28.9. The Bertz CT molecular complexity index is 660. The number of carboxylic acid groups (broad SMARTS) is 1. The van der Waals surface area contributed by atoms with Crippen LogP contribution in [-0.2, 0) is 21.9 Å². The fraction of sp³-hybridized carbons (Fsp3) is 0.667. The molecule has 1 saturated carbocycles. The molecule has 112 valence electrons.